The minimum absolute atomic E-state index is 0.160. The van der Waals surface area contributed by atoms with E-state index in [1.54, 1.807) is 35.1 Å². The van der Waals surface area contributed by atoms with E-state index >= 15 is 0 Å². The van der Waals surface area contributed by atoms with Gasteiger partial charge in [-0.25, -0.2) is 4.52 Å². The van der Waals surface area contributed by atoms with Gasteiger partial charge in [0, 0.05) is 18.9 Å². The van der Waals surface area contributed by atoms with Crippen molar-refractivity contribution in [2.75, 3.05) is 6.54 Å². The van der Waals surface area contributed by atoms with Gasteiger partial charge in [-0.2, -0.15) is 5.10 Å². The molecule has 0 unspecified atom stereocenters. The van der Waals surface area contributed by atoms with Gasteiger partial charge in [0.05, 0.1) is 23.3 Å². The lowest BCUT2D eigenvalue weighted by Crippen LogP contribution is -2.29. The molecule has 0 aromatic carbocycles. The van der Waals surface area contributed by atoms with Crippen molar-refractivity contribution in [3.05, 3.63) is 77.4 Å². The maximum absolute atomic E-state index is 13.0. The number of carbonyl (C=O) groups excluding carboxylic acids is 2. The van der Waals surface area contributed by atoms with E-state index in [0.29, 0.717) is 29.6 Å². The Morgan fingerprint density at radius 1 is 1.15 bits per heavy atom. The Hall–Kier alpha value is -3.48. The number of hydrogen-bond donors (Lipinski definition) is 2. The monoisotopic (exact) mass is 443 g/mol. The molecule has 5 rings (SSSR count). The van der Waals surface area contributed by atoms with Gasteiger partial charge in [0.1, 0.15) is 0 Å². The summed E-state index contributed by atoms with van der Waals surface area (Å²) in [7, 11) is 0. The van der Waals surface area contributed by atoms with Crippen LogP contribution in [-0.2, 0) is 6.54 Å². The molecule has 2 aliphatic carbocycles. The average Bonchev–Trinajstić information content (AvgIpc) is 3.49. The first-order valence-corrected chi connectivity index (χ1v) is 11.6. The summed E-state index contributed by atoms with van der Waals surface area (Å²) in [6.07, 6.45) is 12.1. The van der Waals surface area contributed by atoms with Gasteiger partial charge < -0.3 is 10.6 Å². The minimum Gasteiger partial charge on any atom is -0.348 e. The Morgan fingerprint density at radius 2 is 2.00 bits per heavy atom. The third-order valence-electron chi connectivity index (χ3n) is 6.97. The summed E-state index contributed by atoms with van der Waals surface area (Å²) in [5.41, 5.74) is 4.12. The van der Waals surface area contributed by atoms with Gasteiger partial charge in [-0.3, -0.25) is 14.6 Å². The molecule has 2 fully saturated rings. The number of nitrogens with zero attached hydrogens (tertiary/aromatic N) is 3. The third kappa shape index (κ3) is 4.67. The van der Waals surface area contributed by atoms with Crippen molar-refractivity contribution in [1.29, 1.82) is 0 Å². The van der Waals surface area contributed by atoms with Crippen LogP contribution in [0.3, 0.4) is 0 Å². The van der Waals surface area contributed by atoms with Crippen LogP contribution in [0.4, 0.5) is 0 Å². The van der Waals surface area contributed by atoms with Crippen LogP contribution in [0.1, 0.15) is 65.6 Å². The molecular weight excluding hydrogens is 414 g/mol. The second-order valence-corrected chi connectivity index (χ2v) is 9.39. The Balaban J connectivity index is 1.21. The maximum Gasteiger partial charge on any atom is 0.272 e. The Morgan fingerprint density at radius 3 is 2.73 bits per heavy atom. The second kappa shape index (κ2) is 8.81. The predicted molar refractivity (Wildman–Crippen MR) is 126 cm³/mol. The molecule has 0 saturated heterocycles. The molecule has 7 heteroatoms. The van der Waals surface area contributed by atoms with Crippen molar-refractivity contribution in [2.45, 2.75) is 45.6 Å². The van der Waals surface area contributed by atoms with Gasteiger partial charge in [0.15, 0.2) is 5.69 Å². The van der Waals surface area contributed by atoms with E-state index in [1.165, 1.54) is 31.3 Å². The van der Waals surface area contributed by atoms with E-state index < -0.39 is 0 Å². The summed E-state index contributed by atoms with van der Waals surface area (Å²) in [4.78, 5) is 29.8. The van der Waals surface area contributed by atoms with Crippen LogP contribution in [0.25, 0.3) is 5.52 Å². The number of allylic oxidation sites excluding steroid dienone is 1. The zero-order valence-corrected chi connectivity index (χ0v) is 18.9. The lowest BCUT2D eigenvalue weighted by atomic mass is 9.69. The molecule has 1 spiro atoms. The topological polar surface area (TPSA) is 88.4 Å². The van der Waals surface area contributed by atoms with Gasteiger partial charge in [-0.05, 0) is 80.7 Å². The van der Waals surface area contributed by atoms with Crippen LogP contribution in [0, 0.1) is 11.3 Å². The van der Waals surface area contributed by atoms with Gasteiger partial charge in [0.2, 0.25) is 0 Å². The highest BCUT2D eigenvalue weighted by Crippen LogP contribution is 2.64. The van der Waals surface area contributed by atoms with Crippen molar-refractivity contribution < 1.29 is 9.59 Å². The minimum atomic E-state index is -0.305. The van der Waals surface area contributed by atoms with Crippen molar-refractivity contribution in [3.8, 4) is 0 Å². The zero-order valence-electron chi connectivity index (χ0n) is 18.9. The van der Waals surface area contributed by atoms with Crippen molar-refractivity contribution in [2.24, 2.45) is 11.3 Å². The summed E-state index contributed by atoms with van der Waals surface area (Å²) >= 11 is 0. The van der Waals surface area contributed by atoms with Crippen molar-refractivity contribution >= 4 is 17.3 Å². The molecule has 7 nitrogen and oxygen atoms in total. The lowest BCUT2D eigenvalue weighted by Gasteiger charge is -2.36. The summed E-state index contributed by atoms with van der Waals surface area (Å²) < 4.78 is 1.57. The van der Waals surface area contributed by atoms with E-state index in [9.17, 15) is 9.59 Å². The van der Waals surface area contributed by atoms with Crippen molar-refractivity contribution in [1.82, 2.24) is 25.2 Å². The largest absolute Gasteiger partial charge is 0.348 e. The van der Waals surface area contributed by atoms with Crippen molar-refractivity contribution in [3.63, 3.8) is 0 Å². The van der Waals surface area contributed by atoms with E-state index in [1.807, 2.05) is 25.1 Å². The quantitative estimate of drug-likeness (QED) is 0.517. The molecule has 2 amide bonds. The fourth-order valence-electron chi connectivity index (χ4n) is 4.93. The summed E-state index contributed by atoms with van der Waals surface area (Å²) in [5, 5.41) is 10.2. The molecule has 2 saturated carbocycles. The highest BCUT2D eigenvalue weighted by molar-refractivity contribution is 6.02. The third-order valence-corrected chi connectivity index (χ3v) is 6.97. The van der Waals surface area contributed by atoms with E-state index in [4.69, 9.17) is 0 Å². The van der Waals surface area contributed by atoms with Crippen LogP contribution in [0.2, 0.25) is 0 Å². The standard InChI is InChI=1S/C26H29N5O2/c1-2-18(12-19-14-26(15-19)8-9-26)16-28-24(32)21-7-5-11-31-23(21)13-22(30-31)25(33)29-17-20-6-3-4-10-27-20/h2-7,10-11,13,19H,8-9,12,14-17H2,1H3,(H,28,32)(H,29,33)/b18-2+. The Bertz CT molecular complexity index is 1200. The zero-order chi connectivity index (χ0) is 22.8. The molecule has 2 N–H and O–H groups in total. The number of nitrogens with one attached hydrogen (secondary N) is 2. The normalized spacial score (nSPS) is 17.1. The number of aromatic nitrogens is 3. The van der Waals surface area contributed by atoms with Crippen LogP contribution < -0.4 is 10.6 Å². The number of fused-ring (bicyclic) bond motifs is 1. The molecule has 0 aliphatic heterocycles. The second-order valence-electron chi connectivity index (χ2n) is 9.39. The average molecular weight is 444 g/mol. The predicted octanol–water partition coefficient (Wildman–Crippen LogP) is 3.92. The Kier molecular flexibility index (Phi) is 5.70. The first-order chi connectivity index (χ1) is 16.0. The molecule has 2 aliphatic rings. The molecule has 3 heterocycles. The van der Waals surface area contributed by atoms with Crippen LogP contribution in [0.5, 0.6) is 0 Å². The molecule has 0 atom stereocenters. The van der Waals surface area contributed by atoms with Crippen LogP contribution in [0.15, 0.2) is 60.4 Å². The van der Waals surface area contributed by atoms with Crippen LogP contribution in [-0.4, -0.2) is 33.0 Å². The number of rotatable bonds is 8. The van der Waals surface area contributed by atoms with Gasteiger partial charge in [-0.15, -0.1) is 0 Å². The highest BCUT2D eigenvalue weighted by Gasteiger charge is 2.52. The lowest BCUT2D eigenvalue weighted by molar-refractivity contribution is 0.0941. The van der Waals surface area contributed by atoms with E-state index in [0.717, 1.165) is 18.0 Å². The Labute approximate surface area is 193 Å². The molecule has 3 aromatic heterocycles. The van der Waals surface area contributed by atoms with Gasteiger partial charge in [-0.1, -0.05) is 17.7 Å². The smallest absolute Gasteiger partial charge is 0.272 e. The first kappa shape index (κ1) is 21.4. The summed E-state index contributed by atoms with van der Waals surface area (Å²) in [6.45, 7) is 2.90. The molecule has 170 valence electrons. The number of amides is 2. The molecule has 33 heavy (non-hydrogen) atoms. The molecule has 0 radical (unpaired) electrons. The summed E-state index contributed by atoms with van der Waals surface area (Å²) in [5.74, 6) is 0.300. The summed E-state index contributed by atoms with van der Waals surface area (Å²) in [6, 6.07) is 10.7. The number of carbonyl (C=O) groups is 2. The molecule has 3 aromatic rings. The van der Waals surface area contributed by atoms with Crippen LogP contribution >= 0.6 is 0 Å². The maximum atomic E-state index is 13.0. The molecule has 0 bridgehead atoms. The van der Waals surface area contributed by atoms with Gasteiger partial charge >= 0.3 is 0 Å². The first-order valence-electron chi connectivity index (χ1n) is 11.6. The number of pyridine rings is 2. The molecular formula is C26H29N5O2. The fraction of sp³-hybridized carbons (Fsp3) is 0.385. The van der Waals surface area contributed by atoms with E-state index in [-0.39, 0.29) is 17.5 Å². The number of hydrogen-bond acceptors (Lipinski definition) is 4. The SMILES string of the molecule is C/C=C(/CNC(=O)c1cccn2nc(C(=O)NCc3ccccn3)cc12)CC1CC2(CC2)C1. The highest BCUT2D eigenvalue weighted by atomic mass is 16.2. The van der Waals surface area contributed by atoms with Gasteiger partial charge in [0.25, 0.3) is 11.8 Å². The fourth-order valence-corrected chi connectivity index (χ4v) is 4.93. The van der Waals surface area contributed by atoms with E-state index in [2.05, 4.69) is 26.8 Å².